The number of carbonyl (C=O) groups is 1. The summed E-state index contributed by atoms with van der Waals surface area (Å²) in [6, 6.07) is 1.68. The van der Waals surface area contributed by atoms with Crippen molar-refractivity contribution in [2.75, 3.05) is 12.4 Å². The van der Waals surface area contributed by atoms with E-state index in [9.17, 15) is 4.79 Å². The Balaban J connectivity index is 2.64. The SMILES string of the molecule is COC(=O)Nc1ccnn1C. The Bertz CT molecular complexity index is 256. The molecule has 11 heavy (non-hydrogen) atoms. The summed E-state index contributed by atoms with van der Waals surface area (Å²) in [4.78, 5) is 10.7. The first-order chi connectivity index (χ1) is 5.24. The summed E-state index contributed by atoms with van der Waals surface area (Å²) < 4.78 is 5.93. The highest BCUT2D eigenvalue weighted by Gasteiger charge is 2.02. The lowest BCUT2D eigenvalue weighted by molar-refractivity contribution is 0.186. The lowest BCUT2D eigenvalue weighted by Crippen LogP contribution is -2.13. The van der Waals surface area contributed by atoms with Gasteiger partial charge >= 0.3 is 6.09 Å². The Morgan fingerprint density at radius 3 is 3.00 bits per heavy atom. The van der Waals surface area contributed by atoms with Crippen LogP contribution in [0.3, 0.4) is 0 Å². The Kier molecular flexibility index (Phi) is 2.10. The van der Waals surface area contributed by atoms with Crippen LogP contribution in [0.4, 0.5) is 10.6 Å². The molecule has 0 saturated heterocycles. The highest BCUT2D eigenvalue weighted by Crippen LogP contribution is 2.02. The maximum atomic E-state index is 10.7. The van der Waals surface area contributed by atoms with E-state index in [1.54, 1.807) is 19.3 Å². The molecule has 0 radical (unpaired) electrons. The molecule has 1 aromatic rings. The number of rotatable bonds is 1. The molecule has 0 spiro atoms. The smallest absolute Gasteiger partial charge is 0.412 e. The molecule has 0 aliphatic carbocycles. The Labute approximate surface area is 64.0 Å². The van der Waals surface area contributed by atoms with Crippen molar-refractivity contribution in [2.24, 2.45) is 7.05 Å². The number of hydrogen-bond donors (Lipinski definition) is 1. The first kappa shape index (κ1) is 7.59. The lowest BCUT2D eigenvalue weighted by Gasteiger charge is -2.01. The summed E-state index contributed by atoms with van der Waals surface area (Å²) in [5.41, 5.74) is 0. The molecule has 0 aliphatic rings. The number of anilines is 1. The second-order valence-electron chi connectivity index (χ2n) is 1.96. The van der Waals surface area contributed by atoms with Gasteiger partial charge in [0.05, 0.1) is 13.3 Å². The quantitative estimate of drug-likeness (QED) is 0.646. The molecule has 0 bridgehead atoms. The van der Waals surface area contributed by atoms with Gasteiger partial charge in [-0.15, -0.1) is 0 Å². The van der Waals surface area contributed by atoms with E-state index in [0.717, 1.165) is 0 Å². The maximum Gasteiger partial charge on any atom is 0.412 e. The van der Waals surface area contributed by atoms with E-state index in [1.165, 1.54) is 11.8 Å². The average molecular weight is 155 g/mol. The number of carbonyl (C=O) groups excluding carboxylic acids is 1. The van der Waals surface area contributed by atoms with Crippen LogP contribution >= 0.6 is 0 Å². The van der Waals surface area contributed by atoms with Crippen LogP contribution in [-0.4, -0.2) is 23.0 Å². The summed E-state index contributed by atoms with van der Waals surface area (Å²) >= 11 is 0. The molecule has 0 saturated carbocycles. The van der Waals surface area contributed by atoms with Crippen LogP contribution in [0.2, 0.25) is 0 Å². The molecular formula is C6H9N3O2. The zero-order valence-corrected chi connectivity index (χ0v) is 6.37. The van der Waals surface area contributed by atoms with Crippen molar-refractivity contribution in [2.45, 2.75) is 0 Å². The zero-order chi connectivity index (χ0) is 8.27. The van der Waals surface area contributed by atoms with Crippen molar-refractivity contribution in [1.29, 1.82) is 0 Å². The standard InChI is InChI=1S/C6H9N3O2/c1-9-5(3-4-7-9)8-6(10)11-2/h3-4H,1-2H3,(H,8,10). The Hall–Kier alpha value is -1.52. The fourth-order valence-electron chi connectivity index (χ4n) is 0.652. The largest absolute Gasteiger partial charge is 0.453 e. The second-order valence-corrected chi connectivity index (χ2v) is 1.96. The number of methoxy groups -OCH3 is 1. The lowest BCUT2D eigenvalue weighted by atomic mass is 10.6. The third-order valence-electron chi connectivity index (χ3n) is 1.24. The van der Waals surface area contributed by atoms with Gasteiger partial charge in [0, 0.05) is 13.1 Å². The van der Waals surface area contributed by atoms with Gasteiger partial charge in [0.2, 0.25) is 0 Å². The van der Waals surface area contributed by atoms with Crippen LogP contribution in [0, 0.1) is 0 Å². The van der Waals surface area contributed by atoms with Gasteiger partial charge in [-0.3, -0.25) is 10.00 Å². The molecular weight excluding hydrogens is 146 g/mol. The predicted octanol–water partition coefficient (Wildman–Crippen LogP) is 0.598. The van der Waals surface area contributed by atoms with Gasteiger partial charge in [-0.05, 0) is 0 Å². The minimum absolute atomic E-state index is 0.492. The van der Waals surface area contributed by atoms with Gasteiger partial charge in [0.25, 0.3) is 0 Å². The second kappa shape index (κ2) is 3.05. The predicted molar refractivity (Wildman–Crippen MR) is 39.2 cm³/mol. The van der Waals surface area contributed by atoms with E-state index in [1.807, 2.05) is 0 Å². The van der Waals surface area contributed by atoms with Crippen LogP contribution in [0.25, 0.3) is 0 Å². The van der Waals surface area contributed by atoms with Crippen LogP contribution in [0.1, 0.15) is 0 Å². The fraction of sp³-hybridized carbons (Fsp3) is 0.333. The molecule has 1 heterocycles. The molecule has 5 nitrogen and oxygen atoms in total. The molecule has 0 fully saturated rings. The van der Waals surface area contributed by atoms with Gasteiger partial charge in [0.15, 0.2) is 0 Å². The van der Waals surface area contributed by atoms with E-state index in [0.29, 0.717) is 5.82 Å². The van der Waals surface area contributed by atoms with Gasteiger partial charge in [-0.1, -0.05) is 0 Å². The number of amides is 1. The van der Waals surface area contributed by atoms with Crippen LogP contribution in [0.5, 0.6) is 0 Å². The molecule has 0 atom stereocenters. The highest BCUT2D eigenvalue weighted by atomic mass is 16.5. The third kappa shape index (κ3) is 1.70. The van der Waals surface area contributed by atoms with E-state index in [2.05, 4.69) is 15.2 Å². The van der Waals surface area contributed by atoms with Crippen molar-refractivity contribution < 1.29 is 9.53 Å². The average Bonchev–Trinajstić information content (AvgIpc) is 2.37. The number of hydrogen-bond acceptors (Lipinski definition) is 3. The molecule has 1 amide bonds. The van der Waals surface area contributed by atoms with Crippen molar-refractivity contribution in [3.8, 4) is 0 Å². The summed E-state index contributed by atoms with van der Waals surface area (Å²) in [6.45, 7) is 0. The molecule has 0 aromatic carbocycles. The molecule has 60 valence electrons. The summed E-state index contributed by atoms with van der Waals surface area (Å²) in [6.07, 6.45) is 1.10. The van der Waals surface area contributed by atoms with Crippen LogP contribution < -0.4 is 5.32 Å². The summed E-state index contributed by atoms with van der Waals surface area (Å²) in [5, 5.41) is 6.33. The minimum Gasteiger partial charge on any atom is -0.453 e. The molecule has 1 aromatic heterocycles. The third-order valence-corrected chi connectivity index (χ3v) is 1.24. The molecule has 1 N–H and O–H groups in total. The number of aryl methyl sites for hydroxylation is 1. The van der Waals surface area contributed by atoms with Gasteiger partial charge < -0.3 is 4.74 Å². The van der Waals surface area contributed by atoms with E-state index in [-0.39, 0.29) is 0 Å². The van der Waals surface area contributed by atoms with Crippen LogP contribution in [-0.2, 0) is 11.8 Å². The van der Waals surface area contributed by atoms with Gasteiger partial charge in [0.1, 0.15) is 5.82 Å². The minimum atomic E-state index is -0.492. The van der Waals surface area contributed by atoms with Crippen molar-refractivity contribution >= 4 is 11.9 Å². The zero-order valence-electron chi connectivity index (χ0n) is 6.37. The number of nitrogens with one attached hydrogen (secondary N) is 1. The van der Waals surface area contributed by atoms with Crippen LogP contribution in [0.15, 0.2) is 12.3 Å². The number of nitrogens with zero attached hydrogens (tertiary/aromatic N) is 2. The highest BCUT2D eigenvalue weighted by molar-refractivity contribution is 5.83. The number of aromatic nitrogens is 2. The van der Waals surface area contributed by atoms with Crippen molar-refractivity contribution in [3.63, 3.8) is 0 Å². The molecule has 1 rings (SSSR count). The first-order valence-electron chi connectivity index (χ1n) is 3.07. The molecule has 5 heteroatoms. The monoisotopic (exact) mass is 155 g/mol. The summed E-state index contributed by atoms with van der Waals surface area (Å²) in [7, 11) is 3.04. The topological polar surface area (TPSA) is 56.1 Å². The summed E-state index contributed by atoms with van der Waals surface area (Å²) in [5.74, 6) is 0.608. The first-order valence-corrected chi connectivity index (χ1v) is 3.07. The number of ether oxygens (including phenoxy) is 1. The van der Waals surface area contributed by atoms with E-state index >= 15 is 0 Å². The molecule has 0 aliphatic heterocycles. The Morgan fingerprint density at radius 1 is 1.82 bits per heavy atom. The normalized spacial score (nSPS) is 9.27. The van der Waals surface area contributed by atoms with Crippen molar-refractivity contribution in [3.05, 3.63) is 12.3 Å². The maximum absolute atomic E-state index is 10.7. The van der Waals surface area contributed by atoms with E-state index < -0.39 is 6.09 Å². The van der Waals surface area contributed by atoms with Gasteiger partial charge in [-0.25, -0.2) is 4.79 Å². The van der Waals surface area contributed by atoms with E-state index in [4.69, 9.17) is 0 Å². The van der Waals surface area contributed by atoms with Gasteiger partial charge in [-0.2, -0.15) is 5.10 Å². The fourth-order valence-corrected chi connectivity index (χ4v) is 0.652. The Morgan fingerprint density at radius 2 is 2.55 bits per heavy atom. The molecule has 0 unspecified atom stereocenters. The van der Waals surface area contributed by atoms with Crippen molar-refractivity contribution in [1.82, 2.24) is 9.78 Å².